The van der Waals surface area contributed by atoms with Gasteiger partial charge in [0.2, 0.25) is 5.75 Å². The summed E-state index contributed by atoms with van der Waals surface area (Å²) in [7, 11) is 8.70. The normalized spacial score (nSPS) is 10.4. The number of hydrogen-bond acceptors (Lipinski definition) is 12. The molecule has 0 aliphatic carbocycles. The largest absolute Gasteiger partial charge is 0.496 e. The molecule has 12 heteroatoms. The lowest BCUT2D eigenvalue weighted by atomic mass is 10.1. The smallest absolute Gasteiger partial charge is 0.343 e. The van der Waals surface area contributed by atoms with E-state index in [1.165, 1.54) is 79.1 Å². The van der Waals surface area contributed by atoms with Gasteiger partial charge in [-0.2, -0.15) is 0 Å². The van der Waals surface area contributed by atoms with E-state index < -0.39 is 17.9 Å². The third kappa shape index (κ3) is 7.55. The monoisotopic (exact) mass is 660 g/mol. The van der Waals surface area contributed by atoms with Crippen molar-refractivity contribution in [2.45, 2.75) is 20.8 Å². The number of aryl methyl sites for hydroxylation is 2. The van der Waals surface area contributed by atoms with Crippen LogP contribution in [0.4, 0.5) is 0 Å². The highest BCUT2D eigenvalue weighted by atomic mass is 16.6. The molecule has 0 radical (unpaired) electrons. The number of carbonyl (C=O) groups excluding carboxylic acids is 3. The van der Waals surface area contributed by atoms with Gasteiger partial charge in [0.05, 0.1) is 59.3 Å². The lowest BCUT2D eigenvalue weighted by molar-refractivity contribution is 0.0729. The maximum atomic E-state index is 13.3. The van der Waals surface area contributed by atoms with E-state index in [0.29, 0.717) is 22.8 Å². The third-order valence-corrected chi connectivity index (χ3v) is 7.36. The lowest BCUT2D eigenvalue weighted by Gasteiger charge is -2.15. The fourth-order valence-electron chi connectivity index (χ4n) is 4.85. The highest BCUT2D eigenvalue weighted by Gasteiger charge is 2.22. The Morgan fingerprint density at radius 3 is 1.10 bits per heavy atom. The average molecular weight is 661 g/mol. The summed E-state index contributed by atoms with van der Waals surface area (Å²) in [6.07, 6.45) is 0. The zero-order chi connectivity index (χ0) is 35.1. The minimum Gasteiger partial charge on any atom is -0.496 e. The Bertz CT molecular complexity index is 1840. The predicted octanol–water partition coefficient (Wildman–Crippen LogP) is 6.32. The summed E-state index contributed by atoms with van der Waals surface area (Å²) in [5.41, 5.74) is 2.76. The number of hydrogen-bond donors (Lipinski definition) is 0. The van der Waals surface area contributed by atoms with Crippen LogP contribution in [0.15, 0.2) is 54.6 Å². The van der Waals surface area contributed by atoms with E-state index in [1.807, 2.05) is 13.8 Å². The Hall–Kier alpha value is -5.91. The molecule has 0 N–H and O–H groups in total. The molecule has 0 saturated carbocycles. The highest BCUT2D eigenvalue weighted by Crippen LogP contribution is 2.39. The lowest BCUT2D eigenvalue weighted by Crippen LogP contribution is -2.13. The van der Waals surface area contributed by atoms with E-state index in [1.54, 1.807) is 25.1 Å². The molecule has 4 aromatic carbocycles. The van der Waals surface area contributed by atoms with Crippen LogP contribution < -0.4 is 42.6 Å². The summed E-state index contributed by atoms with van der Waals surface area (Å²) in [5.74, 6) is -0.495. The molecule has 4 rings (SSSR count). The van der Waals surface area contributed by atoms with Crippen molar-refractivity contribution >= 4 is 17.9 Å². The van der Waals surface area contributed by atoms with Gasteiger partial charge in [-0.1, -0.05) is 0 Å². The Morgan fingerprint density at radius 1 is 0.396 bits per heavy atom. The zero-order valence-corrected chi connectivity index (χ0v) is 28.1. The molecule has 0 amide bonds. The number of rotatable bonds is 12. The Morgan fingerprint density at radius 2 is 0.729 bits per heavy atom. The van der Waals surface area contributed by atoms with Crippen LogP contribution in [0.5, 0.6) is 51.7 Å². The van der Waals surface area contributed by atoms with Gasteiger partial charge >= 0.3 is 17.9 Å². The molecule has 12 nitrogen and oxygen atoms in total. The molecule has 0 atom stereocenters. The quantitative estimate of drug-likeness (QED) is 0.124. The van der Waals surface area contributed by atoms with Crippen molar-refractivity contribution in [2.24, 2.45) is 0 Å². The Balaban J connectivity index is 1.72. The summed E-state index contributed by atoms with van der Waals surface area (Å²) in [4.78, 5) is 39.9. The van der Waals surface area contributed by atoms with Crippen LogP contribution in [-0.2, 0) is 0 Å². The van der Waals surface area contributed by atoms with Crippen molar-refractivity contribution in [1.29, 1.82) is 0 Å². The minimum atomic E-state index is -0.815. The number of carbonyl (C=O) groups is 3. The Labute approximate surface area is 277 Å². The van der Waals surface area contributed by atoms with Crippen molar-refractivity contribution in [1.82, 2.24) is 0 Å². The summed E-state index contributed by atoms with van der Waals surface area (Å²) in [6.45, 7) is 5.46. The second-order valence-corrected chi connectivity index (χ2v) is 10.4. The molecule has 0 saturated heterocycles. The molecule has 0 fully saturated rings. The maximum Gasteiger partial charge on any atom is 0.343 e. The van der Waals surface area contributed by atoms with Crippen LogP contribution in [0.1, 0.15) is 47.8 Å². The second kappa shape index (κ2) is 15.1. The van der Waals surface area contributed by atoms with E-state index in [-0.39, 0.29) is 51.2 Å². The van der Waals surface area contributed by atoms with E-state index in [0.717, 1.165) is 11.1 Å². The van der Waals surface area contributed by atoms with Crippen molar-refractivity contribution in [2.75, 3.05) is 42.7 Å². The number of esters is 3. The van der Waals surface area contributed by atoms with Crippen LogP contribution in [0, 0.1) is 20.8 Å². The van der Waals surface area contributed by atoms with Gasteiger partial charge in [-0.15, -0.1) is 0 Å². The van der Waals surface area contributed by atoms with E-state index >= 15 is 0 Å². The fourth-order valence-corrected chi connectivity index (χ4v) is 4.85. The first-order chi connectivity index (χ1) is 23.0. The molecule has 0 aliphatic heterocycles. The van der Waals surface area contributed by atoms with Crippen LogP contribution in [0.2, 0.25) is 0 Å². The molecular weight excluding hydrogens is 624 g/mol. The summed E-state index contributed by atoms with van der Waals surface area (Å²) >= 11 is 0. The number of methoxy groups -OCH3 is 6. The summed E-state index contributed by atoms with van der Waals surface area (Å²) < 4.78 is 49.1. The van der Waals surface area contributed by atoms with Crippen LogP contribution >= 0.6 is 0 Å². The van der Waals surface area contributed by atoms with Crippen molar-refractivity contribution in [3.8, 4) is 51.7 Å². The molecule has 4 aromatic rings. The maximum absolute atomic E-state index is 13.3. The van der Waals surface area contributed by atoms with Gasteiger partial charge in [-0.05, 0) is 73.9 Å². The minimum absolute atomic E-state index is 0.0634. The van der Waals surface area contributed by atoms with E-state index in [2.05, 4.69) is 0 Å². The van der Waals surface area contributed by atoms with Gasteiger partial charge in [0.25, 0.3) is 0 Å². The molecule has 48 heavy (non-hydrogen) atoms. The third-order valence-electron chi connectivity index (χ3n) is 7.36. The molecule has 0 heterocycles. The standard InChI is InChI=1S/C36H36O12/c1-19-10-22(12-28(40-4)21(19)3)34(37)46-25-16-26(47-35(38)23-11-20(2)32(44-8)29(13-23)41-5)18-27(17-25)48-36(39)24-14-30(42-6)33(45-9)31(15-24)43-7/h10-18H,1-9H3. The SMILES string of the molecule is COc1cc(C(=O)Oc2cc(OC(=O)c3cc(C)c(OC)c(OC)c3)cc(OC(=O)c3cc(OC)c(OC)c(OC)c3)c2)cc(C)c1C. The molecule has 0 unspecified atom stereocenters. The summed E-state index contributed by atoms with van der Waals surface area (Å²) in [6, 6.07) is 13.0. The van der Waals surface area contributed by atoms with Gasteiger partial charge < -0.3 is 42.6 Å². The van der Waals surface area contributed by atoms with Gasteiger partial charge in [-0.25, -0.2) is 14.4 Å². The first kappa shape index (κ1) is 35.0. The van der Waals surface area contributed by atoms with Gasteiger partial charge in [0, 0.05) is 18.2 Å². The predicted molar refractivity (Wildman–Crippen MR) is 174 cm³/mol. The van der Waals surface area contributed by atoms with Crippen LogP contribution in [-0.4, -0.2) is 60.6 Å². The van der Waals surface area contributed by atoms with Crippen molar-refractivity contribution < 1.29 is 57.0 Å². The number of ether oxygens (including phenoxy) is 9. The average Bonchev–Trinajstić information content (AvgIpc) is 3.07. The molecule has 0 aromatic heterocycles. The molecule has 0 aliphatic rings. The van der Waals surface area contributed by atoms with Crippen LogP contribution in [0.3, 0.4) is 0 Å². The van der Waals surface area contributed by atoms with E-state index in [4.69, 9.17) is 42.6 Å². The fraction of sp³-hybridized carbons (Fsp3) is 0.250. The molecule has 0 bridgehead atoms. The van der Waals surface area contributed by atoms with Crippen LogP contribution in [0.25, 0.3) is 0 Å². The molecular formula is C36H36O12. The second-order valence-electron chi connectivity index (χ2n) is 10.4. The molecule has 252 valence electrons. The van der Waals surface area contributed by atoms with Gasteiger partial charge in [-0.3, -0.25) is 0 Å². The Kier molecular flexibility index (Phi) is 11.0. The van der Waals surface area contributed by atoms with Gasteiger partial charge in [0.1, 0.15) is 23.0 Å². The highest BCUT2D eigenvalue weighted by molar-refractivity contribution is 5.94. The van der Waals surface area contributed by atoms with Crippen molar-refractivity contribution in [3.05, 3.63) is 88.0 Å². The first-order valence-corrected chi connectivity index (χ1v) is 14.5. The first-order valence-electron chi connectivity index (χ1n) is 14.5. The number of benzene rings is 4. The zero-order valence-electron chi connectivity index (χ0n) is 28.1. The van der Waals surface area contributed by atoms with Gasteiger partial charge in [0.15, 0.2) is 23.0 Å². The van der Waals surface area contributed by atoms with Crippen molar-refractivity contribution in [3.63, 3.8) is 0 Å². The molecule has 0 spiro atoms. The summed E-state index contributed by atoms with van der Waals surface area (Å²) in [5, 5.41) is 0. The topological polar surface area (TPSA) is 134 Å². The van der Waals surface area contributed by atoms with E-state index in [9.17, 15) is 14.4 Å².